The predicted octanol–water partition coefficient (Wildman–Crippen LogP) is 4.41. The van der Waals surface area contributed by atoms with Crippen molar-refractivity contribution in [1.82, 2.24) is 0 Å². The molecule has 0 aliphatic rings. The van der Waals surface area contributed by atoms with Crippen molar-refractivity contribution in [3.63, 3.8) is 0 Å². The minimum Gasteiger partial charge on any atom is -0.385 e. The average molecular weight is 228 g/mol. The third kappa shape index (κ3) is 5.68. The minimum absolute atomic E-state index is 0. The lowest BCUT2D eigenvalue weighted by Crippen LogP contribution is -2.02. The predicted molar refractivity (Wildman–Crippen MR) is 71.1 cm³/mol. The van der Waals surface area contributed by atoms with Crippen LogP contribution in [0.3, 0.4) is 0 Å². The number of hydrogen-bond donors (Lipinski definition) is 1. The van der Waals surface area contributed by atoms with Gasteiger partial charge in [0.1, 0.15) is 0 Å². The van der Waals surface area contributed by atoms with Crippen LogP contribution in [-0.4, -0.2) is 6.54 Å². The maximum absolute atomic E-state index is 3.47. The lowest BCUT2D eigenvalue weighted by Gasteiger charge is -2.08. The molecule has 0 saturated heterocycles. The summed E-state index contributed by atoms with van der Waals surface area (Å²) in [4.78, 5) is 0. The van der Waals surface area contributed by atoms with Gasteiger partial charge in [0.15, 0.2) is 0 Å². The zero-order valence-corrected chi connectivity index (χ0v) is 10.6. The Morgan fingerprint density at radius 3 is 2.47 bits per heavy atom. The van der Waals surface area contributed by atoms with E-state index in [1.165, 1.54) is 36.9 Å². The van der Waals surface area contributed by atoms with Crippen molar-refractivity contribution < 1.29 is 0 Å². The number of halogens is 1. The highest BCUT2D eigenvalue weighted by molar-refractivity contribution is 5.85. The van der Waals surface area contributed by atoms with Crippen molar-refractivity contribution in [3.8, 4) is 0 Å². The van der Waals surface area contributed by atoms with Crippen LogP contribution in [0.25, 0.3) is 0 Å². The summed E-state index contributed by atoms with van der Waals surface area (Å²) in [5, 5.41) is 3.47. The summed E-state index contributed by atoms with van der Waals surface area (Å²) in [6.45, 7) is 5.49. The molecule has 1 aromatic carbocycles. The van der Waals surface area contributed by atoms with E-state index in [-0.39, 0.29) is 12.4 Å². The maximum atomic E-state index is 3.47. The molecule has 1 aromatic rings. The Kier molecular flexibility index (Phi) is 8.21. The summed E-state index contributed by atoms with van der Waals surface area (Å²) in [5.41, 5.74) is 2.62. The van der Waals surface area contributed by atoms with Gasteiger partial charge in [-0.3, -0.25) is 0 Å². The first-order valence-electron chi connectivity index (χ1n) is 5.64. The third-order valence-corrected chi connectivity index (χ3v) is 2.49. The molecule has 0 saturated carbocycles. The maximum Gasteiger partial charge on any atom is 0.0369 e. The summed E-state index contributed by atoms with van der Waals surface area (Å²) in [6.07, 6.45) is 5.29. The lowest BCUT2D eigenvalue weighted by atomic mass is 10.2. The monoisotopic (exact) mass is 227 g/mol. The van der Waals surface area contributed by atoms with Crippen molar-refractivity contribution in [2.75, 3.05) is 11.9 Å². The van der Waals surface area contributed by atoms with E-state index in [0.29, 0.717) is 0 Å². The molecule has 1 N–H and O–H groups in total. The zero-order valence-electron chi connectivity index (χ0n) is 9.75. The van der Waals surface area contributed by atoms with Crippen molar-refractivity contribution >= 4 is 18.1 Å². The molecule has 2 heteroatoms. The Morgan fingerprint density at radius 2 is 1.80 bits per heavy atom. The van der Waals surface area contributed by atoms with Gasteiger partial charge in [0.05, 0.1) is 0 Å². The van der Waals surface area contributed by atoms with E-state index < -0.39 is 0 Å². The van der Waals surface area contributed by atoms with Gasteiger partial charge in [-0.2, -0.15) is 0 Å². The highest BCUT2D eigenvalue weighted by atomic mass is 35.5. The second kappa shape index (κ2) is 8.60. The van der Waals surface area contributed by atoms with Crippen molar-refractivity contribution in [2.24, 2.45) is 0 Å². The van der Waals surface area contributed by atoms with Crippen molar-refractivity contribution in [2.45, 2.75) is 39.5 Å². The Labute approximate surface area is 99.7 Å². The number of benzene rings is 1. The van der Waals surface area contributed by atoms with Gasteiger partial charge < -0.3 is 5.32 Å². The Hall–Kier alpha value is -0.690. The topological polar surface area (TPSA) is 12.0 Å². The van der Waals surface area contributed by atoms with Gasteiger partial charge in [0.2, 0.25) is 0 Å². The summed E-state index contributed by atoms with van der Waals surface area (Å²) in [6, 6.07) is 8.46. The third-order valence-electron chi connectivity index (χ3n) is 2.49. The molecule has 0 radical (unpaired) electrons. The smallest absolute Gasteiger partial charge is 0.0369 e. The van der Waals surface area contributed by atoms with Crippen LogP contribution in [-0.2, 0) is 0 Å². The van der Waals surface area contributed by atoms with Crippen LogP contribution >= 0.6 is 12.4 Å². The number of hydrogen-bond acceptors (Lipinski definition) is 1. The molecule has 0 atom stereocenters. The van der Waals surface area contributed by atoms with E-state index in [2.05, 4.69) is 43.4 Å². The Morgan fingerprint density at radius 1 is 1.07 bits per heavy atom. The molecule has 0 amide bonds. The van der Waals surface area contributed by atoms with E-state index in [4.69, 9.17) is 0 Å². The largest absolute Gasteiger partial charge is 0.385 e. The van der Waals surface area contributed by atoms with E-state index in [1.54, 1.807) is 0 Å². The van der Waals surface area contributed by atoms with Crippen LogP contribution in [0.15, 0.2) is 24.3 Å². The summed E-state index contributed by atoms with van der Waals surface area (Å²) in [7, 11) is 0. The molecule has 0 heterocycles. The number of unbranched alkanes of at least 4 members (excludes halogenated alkanes) is 3. The van der Waals surface area contributed by atoms with E-state index in [1.807, 2.05) is 0 Å². The van der Waals surface area contributed by atoms with Crippen LogP contribution in [0.1, 0.15) is 38.2 Å². The van der Waals surface area contributed by atoms with Gasteiger partial charge in [0.25, 0.3) is 0 Å². The number of para-hydroxylation sites is 1. The molecule has 86 valence electrons. The fourth-order valence-electron chi connectivity index (χ4n) is 1.55. The quantitative estimate of drug-likeness (QED) is 0.710. The second-order valence-corrected chi connectivity index (χ2v) is 3.80. The molecule has 1 rings (SSSR count). The summed E-state index contributed by atoms with van der Waals surface area (Å²) in [5.74, 6) is 0. The van der Waals surface area contributed by atoms with E-state index in [0.717, 1.165) is 6.54 Å². The fourth-order valence-corrected chi connectivity index (χ4v) is 1.55. The van der Waals surface area contributed by atoms with Crippen LogP contribution in [0, 0.1) is 6.92 Å². The van der Waals surface area contributed by atoms with Gasteiger partial charge in [-0.15, -0.1) is 12.4 Å². The molecule has 0 fully saturated rings. The van der Waals surface area contributed by atoms with Crippen LogP contribution in [0.2, 0.25) is 0 Å². The zero-order chi connectivity index (χ0) is 10.2. The molecule has 15 heavy (non-hydrogen) atoms. The molecule has 0 aliphatic heterocycles. The van der Waals surface area contributed by atoms with Gasteiger partial charge in [0, 0.05) is 12.2 Å². The first-order chi connectivity index (χ1) is 6.84. The van der Waals surface area contributed by atoms with Crippen molar-refractivity contribution in [1.29, 1.82) is 0 Å². The van der Waals surface area contributed by atoms with E-state index >= 15 is 0 Å². The first kappa shape index (κ1) is 14.3. The number of aryl methyl sites for hydroxylation is 1. The van der Waals surface area contributed by atoms with Gasteiger partial charge >= 0.3 is 0 Å². The molecular weight excluding hydrogens is 206 g/mol. The minimum atomic E-state index is 0. The molecular formula is C13H22ClN. The molecule has 0 bridgehead atoms. The fraction of sp³-hybridized carbons (Fsp3) is 0.538. The second-order valence-electron chi connectivity index (χ2n) is 3.80. The normalized spacial score (nSPS) is 9.47. The average Bonchev–Trinajstić information content (AvgIpc) is 2.20. The SMILES string of the molecule is CCCCCCNc1ccccc1C.Cl. The molecule has 0 aromatic heterocycles. The van der Waals surface area contributed by atoms with Gasteiger partial charge in [-0.1, -0.05) is 44.4 Å². The Bertz CT molecular complexity index is 260. The highest BCUT2D eigenvalue weighted by Crippen LogP contribution is 2.13. The first-order valence-corrected chi connectivity index (χ1v) is 5.64. The van der Waals surface area contributed by atoms with E-state index in [9.17, 15) is 0 Å². The van der Waals surface area contributed by atoms with Crippen LogP contribution in [0.4, 0.5) is 5.69 Å². The number of rotatable bonds is 6. The lowest BCUT2D eigenvalue weighted by molar-refractivity contribution is 0.685. The molecule has 0 spiro atoms. The van der Waals surface area contributed by atoms with Crippen LogP contribution in [0.5, 0.6) is 0 Å². The summed E-state index contributed by atoms with van der Waals surface area (Å²) >= 11 is 0. The van der Waals surface area contributed by atoms with Crippen LogP contribution < -0.4 is 5.32 Å². The number of anilines is 1. The van der Waals surface area contributed by atoms with Crippen molar-refractivity contribution in [3.05, 3.63) is 29.8 Å². The van der Waals surface area contributed by atoms with Gasteiger partial charge in [-0.25, -0.2) is 0 Å². The highest BCUT2D eigenvalue weighted by Gasteiger charge is 1.94. The number of nitrogens with one attached hydrogen (secondary N) is 1. The molecule has 0 unspecified atom stereocenters. The summed E-state index contributed by atoms with van der Waals surface area (Å²) < 4.78 is 0. The van der Waals surface area contributed by atoms with Gasteiger partial charge in [-0.05, 0) is 25.0 Å². The standard InChI is InChI=1S/C13H21N.ClH/c1-3-4-5-8-11-14-13-10-7-6-9-12(13)2;/h6-7,9-10,14H,3-5,8,11H2,1-2H3;1H. The molecule has 0 aliphatic carbocycles. The Balaban J connectivity index is 0.00000196. The molecule has 1 nitrogen and oxygen atoms in total.